The molecule has 0 aliphatic heterocycles. The molecule has 8 atom stereocenters. The summed E-state index contributed by atoms with van der Waals surface area (Å²) in [6.45, 7) is 12.9. The van der Waals surface area contributed by atoms with Crippen molar-refractivity contribution in [2.24, 2.45) is 23.5 Å². The van der Waals surface area contributed by atoms with Gasteiger partial charge in [0.15, 0.2) is 25.5 Å². The highest BCUT2D eigenvalue weighted by Crippen LogP contribution is 2.32. The van der Waals surface area contributed by atoms with Crippen molar-refractivity contribution < 1.29 is 41.4 Å². The number of nitrogens with two attached hydrogens (primary N) is 1. The molecule has 1 unspecified atom stereocenters. The third-order valence-corrected chi connectivity index (χ3v) is 19.5. The normalized spacial score (nSPS) is 15.9. The number of Topliss-reactive ketones (excluding diaryl/α,β-unsaturated/α-hetero) is 1. The minimum atomic E-state index is -3.98. The minimum absolute atomic E-state index is 0.0190. The number of benzene rings is 6. The molecule has 0 heterocycles. The van der Waals surface area contributed by atoms with Crippen LogP contribution in [0.2, 0.25) is 0 Å². The first-order valence-electron chi connectivity index (χ1n) is 25.0. The van der Waals surface area contributed by atoms with Gasteiger partial charge in [-0.1, -0.05) is 159 Å². The monoisotopic (exact) mass is 1030 g/mol. The molecular weight excluding hydrogens is 959 g/mol. The molecule has 6 aromatic rings. The Bertz CT molecular complexity index is 3070. The molecule has 390 valence electrons. The number of ketones is 1. The average Bonchev–Trinajstić information content (AvgIpc) is 3.34. The Balaban J connectivity index is 1.47. The fourth-order valence-electron chi connectivity index (χ4n) is 9.23. The van der Waals surface area contributed by atoms with E-state index in [1.807, 2.05) is 84.9 Å². The van der Waals surface area contributed by atoms with Gasteiger partial charge in [0.05, 0.1) is 56.9 Å². The van der Waals surface area contributed by atoms with Crippen LogP contribution in [0.1, 0.15) is 83.6 Å². The third kappa shape index (κ3) is 13.9. The van der Waals surface area contributed by atoms with Gasteiger partial charge < -0.3 is 26.6 Å². The fourth-order valence-corrected chi connectivity index (χ4v) is 11.8. The number of sulfone groups is 2. The SMILES string of the molecule is CC(C)[C@H](N)C(=O)C(c1ccccc1)[C@H](NC(=O)[C@H](Cc1cccc2ccccc12)CS(=O)(=O)C(C)(C)C)[C@@H](O)[C@H](O)[C@H](Cc1ccccc1)NC(=O)[C@H](Cc1cccc2ccccc12)CS(=O)(=O)C(C)(C)C. The van der Waals surface area contributed by atoms with Crippen LogP contribution in [-0.2, 0) is 53.3 Å². The summed E-state index contributed by atoms with van der Waals surface area (Å²) >= 11 is 0. The van der Waals surface area contributed by atoms with Crippen LogP contribution in [0.15, 0.2) is 146 Å². The number of amides is 2. The predicted molar refractivity (Wildman–Crippen MR) is 292 cm³/mol. The molecule has 14 heteroatoms. The zero-order chi connectivity index (χ0) is 53.5. The van der Waals surface area contributed by atoms with Gasteiger partial charge in [0, 0.05) is 0 Å². The van der Waals surface area contributed by atoms with Crippen LogP contribution in [-0.4, -0.2) is 96.0 Å². The molecule has 0 aromatic heterocycles. The summed E-state index contributed by atoms with van der Waals surface area (Å²) in [5.41, 5.74) is 9.08. The van der Waals surface area contributed by atoms with Crippen LogP contribution >= 0.6 is 0 Å². The summed E-state index contributed by atoms with van der Waals surface area (Å²) < 4.78 is 53.7. The van der Waals surface area contributed by atoms with Gasteiger partial charge in [0.2, 0.25) is 11.8 Å². The highest BCUT2D eigenvalue weighted by molar-refractivity contribution is 7.93. The van der Waals surface area contributed by atoms with E-state index in [0.717, 1.165) is 27.1 Å². The molecule has 12 nitrogen and oxygen atoms in total. The van der Waals surface area contributed by atoms with Crippen LogP contribution in [0.5, 0.6) is 0 Å². The van der Waals surface area contributed by atoms with Gasteiger partial charge in [0.25, 0.3) is 0 Å². The molecule has 0 radical (unpaired) electrons. The number of hydrogen-bond acceptors (Lipinski definition) is 10. The van der Waals surface area contributed by atoms with Gasteiger partial charge in [0.1, 0.15) is 12.2 Å². The Kier molecular flexibility index (Phi) is 18.3. The van der Waals surface area contributed by atoms with Crippen molar-refractivity contribution in [1.82, 2.24) is 10.6 Å². The van der Waals surface area contributed by atoms with Crippen molar-refractivity contribution in [3.05, 3.63) is 168 Å². The van der Waals surface area contributed by atoms with Gasteiger partial charge in [-0.3, -0.25) is 14.4 Å². The second-order valence-electron chi connectivity index (χ2n) is 21.7. The van der Waals surface area contributed by atoms with E-state index < -0.39 is 112 Å². The molecule has 0 saturated carbocycles. The Morgan fingerprint density at radius 2 is 0.945 bits per heavy atom. The highest BCUT2D eigenvalue weighted by Gasteiger charge is 2.45. The molecule has 0 aliphatic carbocycles. The molecule has 6 N–H and O–H groups in total. The standard InChI is InChI=1S/C59H73N3O9S2/c1-38(2)51(60)54(64)50(42-25-13-10-14-26-42)52(62-57(67)46(37-73(70,71)59(6,7)8)35-44-30-20-28-41-24-16-18-32-48(41)44)55(65)53(63)49(33-39-21-11-9-12-22-39)61-56(66)45(36-72(68,69)58(3,4)5)34-43-29-19-27-40-23-15-17-31-47(40)43/h9-32,38,45-46,49-53,55,63,65H,33-37,60H2,1-8H3,(H,61,66)(H,62,67)/t45-,46-,49+,50?,51+,52+,53-,55-/m1/s1. The topological polar surface area (TPSA) is 210 Å². The second-order valence-corrected chi connectivity index (χ2v) is 27.3. The lowest BCUT2D eigenvalue weighted by Crippen LogP contribution is -2.61. The van der Waals surface area contributed by atoms with Gasteiger partial charge in [-0.25, -0.2) is 16.8 Å². The average molecular weight is 1030 g/mol. The van der Waals surface area contributed by atoms with E-state index in [1.165, 1.54) is 0 Å². The lowest BCUT2D eigenvalue weighted by molar-refractivity contribution is -0.132. The van der Waals surface area contributed by atoms with Crippen LogP contribution in [0.25, 0.3) is 21.5 Å². The lowest BCUT2D eigenvalue weighted by atomic mass is 9.77. The van der Waals surface area contributed by atoms with E-state index in [1.54, 1.807) is 116 Å². The number of hydrogen-bond donors (Lipinski definition) is 5. The molecule has 6 aromatic carbocycles. The number of carbonyl (C=O) groups is 3. The van der Waals surface area contributed by atoms with E-state index in [2.05, 4.69) is 10.6 Å². The van der Waals surface area contributed by atoms with E-state index in [4.69, 9.17) is 5.73 Å². The summed E-state index contributed by atoms with van der Waals surface area (Å²) in [5.74, 6) is -7.40. The smallest absolute Gasteiger partial charge is 0.224 e. The van der Waals surface area contributed by atoms with E-state index in [9.17, 15) is 36.6 Å². The number of fused-ring (bicyclic) bond motifs is 2. The zero-order valence-corrected chi connectivity index (χ0v) is 44.9. The Hall–Kier alpha value is -5.77. The van der Waals surface area contributed by atoms with Crippen molar-refractivity contribution in [2.75, 3.05) is 11.5 Å². The number of carbonyl (C=O) groups excluding carboxylic acids is 3. The maximum atomic E-state index is 15.3. The maximum Gasteiger partial charge on any atom is 0.224 e. The quantitative estimate of drug-likeness (QED) is 0.0447. The molecule has 0 fully saturated rings. The number of rotatable bonds is 22. The third-order valence-electron chi connectivity index (χ3n) is 14.1. The molecular formula is C59H73N3O9S2. The van der Waals surface area contributed by atoms with E-state index >= 15 is 4.79 Å². The first-order valence-corrected chi connectivity index (χ1v) is 28.3. The second kappa shape index (κ2) is 23.6. The van der Waals surface area contributed by atoms with Crippen molar-refractivity contribution in [3.8, 4) is 0 Å². The van der Waals surface area contributed by atoms with Gasteiger partial charge in [-0.05, 0) is 111 Å². The number of aliphatic hydroxyl groups is 2. The maximum absolute atomic E-state index is 15.3. The molecule has 73 heavy (non-hydrogen) atoms. The molecule has 0 spiro atoms. The summed E-state index contributed by atoms with van der Waals surface area (Å²) in [7, 11) is -7.90. The molecule has 2 amide bonds. The molecule has 0 saturated heterocycles. The Morgan fingerprint density at radius 3 is 1.40 bits per heavy atom. The van der Waals surface area contributed by atoms with Crippen LogP contribution in [0.3, 0.4) is 0 Å². The van der Waals surface area contributed by atoms with Gasteiger partial charge in [-0.15, -0.1) is 0 Å². The zero-order valence-electron chi connectivity index (χ0n) is 43.2. The van der Waals surface area contributed by atoms with Gasteiger partial charge in [-0.2, -0.15) is 0 Å². The summed E-state index contributed by atoms with van der Waals surface area (Å²) in [6.07, 6.45) is -4.05. The van der Waals surface area contributed by atoms with Crippen LogP contribution < -0.4 is 16.4 Å². The number of aliphatic hydroxyl groups excluding tert-OH is 2. The highest BCUT2D eigenvalue weighted by atomic mass is 32.2. The van der Waals surface area contributed by atoms with Gasteiger partial charge >= 0.3 is 0 Å². The van der Waals surface area contributed by atoms with E-state index in [-0.39, 0.29) is 19.3 Å². The molecule has 0 bridgehead atoms. The summed E-state index contributed by atoms with van der Waals surface area (Å²) in [5, 5.41) is 35.0. The summed E-state index contributed by atoms with van der Waals surface area (Å²) in [6, 6.07) is 39.6. The van der Waals surface area contributed by atoms with E-state index in [0.29, 0.717) is 16.7 Å². The summed E-state index contributed by atoms with van der Waals surface area (Å²) in [4.78, 5) is 45.2. The van der Waals surface area contributed by atoms with Crippen molar-refractivity contribution in [1.29, 1.82) is 0 Å². The van der Waals surface area contributed by atoms with Crippen LogP contribution in [0.4, 0.5) is 0 Å². The first-order chi connectivity index (χ1) is 34.3. The number of nitrogens with one attached hydrogen (secondary N) is 2. The Labute approximate surface area is 432 Å². The Morgan fingerprint density at radius 1 is 0.534 bits per heavy atom. The first kappa shape index (κ1) is 56.5. The van der Waals surface area contributed by atoms with Crippen molar-refractivity contribution >= 4 is 58.8 Å². The fraction of sp³-hybridized carbons (Fsp3) is 0.407. The van der Waals surface area contributed by atoms with Crippen molar-refractivity contribution in [2.45, 2.75) is 120 Å². The van der Waals surface area contributed by atoms with Crippen LogP contribution in [0, 0.1) is 17.8 Å². The van der Waals surface area contributed by atoms with Crippen molar-refractivity contribution in [3.63, 3.8) is 0 Å². The molecule has 6 rings (SSSR count). The predicted octanol–water partition coefficient (Wildman–Crippen LogP) is 7.71. The molecule has 0 aliphatic rings. The minimum Gasteiger partial charge on any atom is -0.388 e. The lowest BCUT2D eigenvalue weighted by Gasteiger charge is -2.38. The largest absolute Gasteiger partial charge is 0.388 e.